The molecule has 106 valence electrons. The van der Waals surface area contributed by atoms with Gasteiger partial charge in [0.2, 0.25) is 0 Å². The Morgan fingerprint density at radius 1 is 1.17 bits per heavy atom. The Hall–Kier alpha value is -0.0800. The number of aliphatic hydroxyl groups excluding tert-OH is 1. The molecule has 2 nitrogen and oxygen atoms in total. The second-order valence-electron chi connectivity index (χ2n) is 6.68. The maximum absolute atomic E-state index is 10.8. The van der Waals surface area contributed by atoms with Crippen LogP contribution in [0.3, 0.4) is 0 Å². The van der Waals surface area contributed by atoms with Crippen molar-refractivity contribution < 1.29 is 9.84 Å². The van der Waals surface area contributed by atoms with Gasteiger partial charge in [0, 0.05) is 6.61 Å². The Morgan fingerprint density at radius 3 is 2.39 bits per heavy atom. The molecule has 4 unspecified atom stereocenters. The summed E-state index contributed by atoms with van der Waals surface area (Å²) in [6.07, 6.45) is 7.94. The van der Waals surface area contributed by atoms with Gasteiger partial charge in [-0.05, 0) is 50.4 Å². The highest BCUT2D eigenvalue weighted by Gasteiger charge is 2.46. The molecule has 0 saturated heterocycles. The van der Waals surface area contributed by atoms with Gasteiger partial charge in [-0.15, -0.1) is 0 Å². The van der Waals surface area contributed by atoms with Gasteiger partial charge in [-0.1, -0.05) is 33.1 Å². The molecule has 18 heavy (non-hydrogen) atoms. The summed E-state index contributed by atoms with van der Waals surface area (Å²) < 4.78 is 6.02. The van der Waals surface area contributed by atoms with Crippen molar-refractivity contribution in [3.63, 3.8) is 0 Å². The van der Waals surface area contributed by atoms with Crippen molar-refractivity contribution in [3.05, 3.63) is 0 Å². The minimum absolute atomic E-state index is 0.209. The SMILES string of the molecule is CCOC1(C(O)C2CCC(C)C(C)C2)CCCC1. The number of rotatable bonds is 4. The molecule has 2 fully saturated rings. The van der Waals surface area contributed by atoms with E-state index in [1.54, 1.807) is 0 Å². The highest BCUT2D eigenvalue weighted by atomic mass is 16.5. The van der Waals surface area contributed by atoms with Gasteiger partial charge in [0.15, 0.2) is 0 Å². The van der Waals surface area contributed by atoms with Crippen molar-refractivity contribution in [1.82, 2.24) is 0 Å². The first-order valence-corrected chi connectivity index (χ1v) is 7.91. The summed E-state index contributed by atoms with van der Waals surface area (Å²) in [6.45, 7) is 7.47. The topological polar surface area (TPSA) is 29.5 Å². The maximum atomic E-state index is 10.8. The van der Waals surface area contributed by atoms with E-state index in [0.717, 1.165) is 31.3 Å². The monoisotopic (exact) mass is 254 g/mol. The first kappa shape index (κ1) is 14.3. The van der Waals surface area contributed by atoms with Crippen LogP contribution >= 0.6 is 0 Å². The smallest absolute Gasteiger partial charge is 0.0942 e. The Balaban J connectivity index is 2.02. The molecule has 2 heteroatoms. The Morgan fingerprint density at radius 2 is 1.83 bits per heavy atom. The Labute approximate surface area is 112 Å². The van der Waals surface area contributed by atoms with Crippen LogP contribution in [-0.2, 0) is 4.74 Å². The lowest BCUT2D eigenvalue weighted by atomic mass is 9.70. The molecule has 0 heterocycles. The van der Waals surface area contributed by atoms with E-state index in [0.29, 0.717) is 5.92 Å². The molecule has 2 aliphatic rings. The molecular formula is C16H30O2. The lowest BCUT2D eigenvalue weighted by Crippen LogP contribution is -2.48. The molecule has 2 saturated carbocycles. The average molecular weight is 254 g/mol. The fraction of sp³-hybridized carbons (Fsp3) is 1.00. The highest BCUT2D eigenvalue weighted by molar-refractivity contribution is 4.97. The van der Waals surface area contributed by atoms with Gasteiger partial charge in [0.1, 0.15) is 0 Å². The summed E-state index contributed by atoms with van der Waals surface area (Å²) in [4.78, 5) is 0. The van der Waals surface area contributed by atoms with E-state index in [-0.39, 0.29) is 11.7 Å². The van der Waals surface area contributed by atoms with Crippen molar-refractivity contribution in [1.29, 1.82) is 0 Å². The zero-order valence-electron chi connectivity index (χ0n) is 12.3. The first-order valence-electron chi connectivity index (χ1n) is 7.91. The van der Waals surface area contributed by atoms with E-state index in [4.69, 9.17) is 4.74 Å². The van der Waals surface area contributed by atoms with Crippen molar-refractivity contribution in [2.45, 2.75) is 77.4 Å². The molecule has 2 aliphatic carbocycles. The molecule has 0 aromatic heterocycles. The van der Waals surface area contributed by atoms with Crippen LogP contribution in [0.5, 0.6) is 0 Å². The van der Waals surface area contributed by atoms with Crippen LogP contribution in [0.2, 0.25) is 0 Å². The predicted octanol–water partition coefficient (Wildman–Crippen LogP) is 3.77. The normalized spacial score (nSPS) is 37.7. The average Bonchev–Trinajstić information content (AvgIpc) is 2.82. The standard InChI is InChI=1S/C16H30O2/c1-4-18-16(9-5-6-10-16)15(17)14-8-7-12(2)13(3)11-14/h12-15,17H,4-11H2,1-3H3. The molecule has 2 rings (SSSR count). The fourth-order valence-electron chi connectivity index (χ4n) is 4.09. The Bertz CT molecular complexity index is 258. The third kappa shape index (κ3) is 2.75. The summed E-state index contributed by atoms with van der Waals surface area (Å²) >= 11 is 0. The lowest BCUT2D eigenvalue weighted by Gasteiger charge is -2.42. The fourth-order valence-corrected chi connectivity index (χ4v) is 4.09. The third-order valence-electron chi connectivity index (χ3n) is 5.51. The van der Waals surface area contributed by atoms with E-state index in [2.05, 4.69) is 20.8 Å². The van der Waals surface area contributed by atoms with Crippen LogP contribution in [0, 0.1) is 17.8 Å². The number of hydrogen-bond donors (Lipinski definition) is 1. The number of ether oxygens (including phenoxy) is 1. The molecule has 0 aliphatic heterocycles. The van der Waals surface area contributed by atoms with E-state index in [9.17, 15) is 5.11 Å². The van der Waals surface area contributed by atoms with Crippen molar-refractivity contribution in [2.75, 3.05) is 6.61 Å². The minimum Gasteiger partial charge on any atom is -0.390 e. The van der Waals surface area contributed by atoms with Crippen LogP contribution in [0.15, 0.2) is 0 Å². The second-order valence-corrected chi connectivity index (χ2v) is 6.68. The third-order valence-corrected chi connectivity index (χ3v) is 5.51. The molecule has 0 aromatic rings. The quantitative estimate of drug-likeness (QED) is 0.827. The van der Waals surface area contributed by atoms with E-state index in [1.165, 1.54) is 32.1 Å². The van der Waals surface area contributed by atoms with Gasteiger partial charge in [-0.2, -0.15) is 0 Å². The highest BCUT2D eigenvalue weighted by Crippen LogP contribution is 2.44. The predicted molar refractivity (Wildman–Crippen MR) is 74.5 cm³/mol. The van der Waals surface area contributed by atoms with Gasteiger partial charge < -0.3 is 9.84 Å². The minimum atomic E-state index is -0.241. The molecular weight excluding hydrogens is 224 g/mol. The van der Waals surface area contributed by atoms with E-state index in [1.807, 2.05) is 0 Å². The molecule has 0 amide bonds. The van der Waals surface area contributed by atoms with E-state index >= 15 is 0 Å². The van der Waals surface area contributed by atoms with Gasteiger partial charge in [-0.25, -0.2) is 0 Å². The van der Waals surface area contributed by atoms with Crippen LogP contribution in [0.1, 0.15) is 65.7 Å². The molecule has 1 N–H and O–H groups in total. The summed E-state index contributed by atoms with van der Waals surface area (Å²) in [5.41, 5.74) is -0.209. The second kappa shape index (κ2) is 5.92. The summed E-state index contributed by atoms with van der Waals surface area (Å²) in [6, 6.07) is 0. The van der Waals surface area contributed by atoms with Crippen molar-refractivity contribution in [2.24, 2.45) is 17.8 Å². The van der Waals surface area contributed by atoms with Gasteiger partial charge in [-0.3, -0.25) is 0 Å². The van der Waals surface area contributed by atoms with Crippen LogP contribution in [0.4, 0.5) is 0 Å². The molecule has 0 aromatic carbocycles. The van der Waals surface area contributed by atoms with Gasteiger partial charge >= 0.3 is 0 Å². The van der Waals surface area contributed by atoms with Crippen molar-refractivity contribution in [3.8, 4) is 0 Å². The summed E-state index contributed by atoms with van der Waals surface area (Å²) in [5.74, 6) is 2.03. The summed E-state index contributed by atoms with van der Waals surface area (Å²) in [5, 5.41) is 10.8. The summed E-state index contributed by atoms with van der Waals surface area (Å²) in [7, 11) is 0. The molecule has 4 atom stereocenters. The first-order chi connectivity index (χ1) is 8.59. The Kier molecular flexibility index (Phi) is 4.71. The van der Waals surface area contributed by atoms with Crippen molar-refractivity contribution >= 4 is 0 Å². The van der Waals surface area contributed by atoms with E-state index < -0.39 is 0 Å². The van der Waals surface area contributed by atoms with Gasteiger partial charge in [0.05, 0.1) is 11.7 Å². The molecule has 0 bridgehead atoms. The zero-order valence-corrected chi connectivity index (χ0v) is 12.3. The molecule has 0 radical (unpaired) electrons. The van der Waals surface area contributed by atoms with Crippen LogP contribution in [-0.4, -0.2) is 23.4 Å². The largest absolute Gasteiger partial charge is 0.390 e. The van der Waals surface area contributed by atoms with Crippen LogP contribution < -0.4 is 0 Å². The zero-order chi connectivity index (χ0) is 13.2. The lowest BCUT2D eigenvalue weighted by molar-refractivity contribution is -0.143. The van der Waals surface area contributed by atoms with Gasteiger partial charge in [0.25, 0.3) is 0 Å². The molecule has 0 spiro atoms. The van der Waals surface area contributed by atoms with Crippen LogP contribution in [0.25, 0.3) is 0 Å². The maximum Gasteiger partial charge on any atom is 0.0942 e. The number of aliphatic hydroxyl groups is 1. The number of hydrogen-bond acceptors (Lipinski definition) is 2.